The molecule has 1 amide bonds. The van der Waals surface area contributed by atoms with E-state index in [2.05, 4.69) is 15.3 Å². The van der Waals surface area contributed by atoms with Gasteiger partial charge in [-0.25, -0.2) is 9.79 Å². The Balaban J connectivity index is 2.24. The molecule has 9 nitrogen and oxygen atoms in total. The highest BCUT2D eigenvalue weighted by Gasteiger charge is 2.39. The summed E-state index contributed by atoms with van der Waals surface area (Å²) in [5.41, 5.74) is 12.2. The molecule has 5 N–H and O–H groups in total. The fourth-order valence-corrected chi connectivity index (χ4v) is 3.54. The van der Waals surface area contributed by atoms with Crippen LogP contribution < -0.4 is 16.8 Å². The Kier molecular flexibility index (Phi) is 10.2. The second-order valence-corrected chi connectivity index (χ2v) is 7.64. The number of alkyl halides is 2. The van der Waals surface area contributed by atoms with Gasteiger partial charge in [-0.05, 0) is 30.5 Å². The maximum Gasteiger partial charge on any atom is 0.333 e. The number of hydrogen-bond acceptors (Lipinski definition) is 6. The van der Waals surface area contributed by atoms with Crippen LogP contribution in [0.25, 0.3) is 0 Å². The summed E-state index contributed by atoms with van der Waals surface area (Å²) in [7, 11) is 0. The highest BCUT2D eigenvalue weighted by Crippen LogP contribution is 2.27. The number of nitrogens with two attached hydrogens (primary N) is 2. The second kappa shape index (κ2) is 12.8. The topological polar surface area (TPSA) is 142 Å². The van der Waals surface area contributed by atoms with E-state index in [1.165, 1.54) is 6.08 Å². The van der Waals surface area contributed by atoms with Gasteiger partial charge in [0.2, 0.25) is 0 Å². The standard InChI is InChI=1S/C22H31F2N5O4/c1-3-15(4-2)33-17-11-14(21(31)32-9-7-13-6-5-8-27-12-13)10-16(28-22(25)26)18(17)29-20(30)19(23)24/h5-6,8,11-12,15-19H,3-4,7,9-10H2,1-2H3,(H,29,30)(H4,25,26,28)/t16-,17+,18+/m0/s1. The average molecular weight is 468 g/mol. The Morgan fingerprint density at radius 2 is 2.03 bits per heavy atom. The first kappa shape index (κ1) is 26.2. The molecule has 1 aliphatic carbocycles. The van der Waals surface area contributed by atoms with E-state index >= 15 is 0 Å². The summed E-state index contributed by atoms with van der Waals surface area (Å²) < 4.78 is 37.3. The van der Waals surface area contributed by atoms with Crippen LogP contribution in [0.2, 0.25) is 0 Å². The normalized spacial score (nSPS) is 20.3. The van der Waals surface area contributed by atoms with Crippen molar-refractivity contribution in [3.05, 3.63) is 41.7 Å². The van der Waals surface area contributed by atoms with Crippen molar-refractivity contribution in [2.45, 2.75) is 70.2 Å². The van der Waals surface area contributed by atoms with E-state index in [0.29, 0.717) is 19.3 Å². The molecule has 182 valence electrons. The predicted octanol–water partition coefficient (Wildman–Crippen LogP) is 1.46. The van der Waals surface area contributed by atoms with Crippen molar-refractivity contribution in [3.63, 3.8) is 0 Å². The highest BCUT2D eigenvalue weighted by atomic mass is 19.3. The number of ether oxygens (including phenoxy) is 2. The molecule has 33 heavy (non-hydrogen) atoms. The SMILES string of the molecule is CCC(CC)O[C@@H]1C=C(C(=O)OCCc2cccnc2)C[C@H](N=C(N)N)[C@H]1NC(=O)C(F)F. The van der Waals surface area contributed by atoms with E-state index in [9.17, 15) is 18.4 Å². The van der Waals surface area contributed by atoms with Crippen LogP contribution in [-0.2, 0) is 25.5 Å². The van der Waals surface area contributed by atoms with Crippen molar-refractivity contribution in [3.8, 4) is 0 Å². The van der Waals surface area contributed by atoms with Crippen LogP contribution in [0.4, 0.5) is 8.78 Å². The third-order valence-electron chi connectivity index (χ3n) is 5.25. The lowest BCUT2D eigenvalue weighted by Crippen LogP contribution is -2.55. The number of hydrogen-bond donors (Lipinski definition) is 3. The predicted molar refractivity (Wildman–Crippen MR) is 118 cm³/mol. The zero-order valence-corrected chi connectivity index (χ0v) is 18.7. The highest BCUT2D eigenvalue weighted by molar-refractivity contribution is 5.89. The number of guanidine groups is 1. The number of rotatable bonds is 11. The monoisotopic (exact) mass is 467 g/mol. The summed E-state index contributed by atoms with van der Waals surface area (Å²) in [4.78, 5) is 32.6. The summed E-state index contributed by atoms with van der Waals surface area (Å²) >= 11 is 0. The molecule has 1 aromatic heterocycles. The van der Waals surface area contributed by atoms with Gasteiger partial charge in [0.05, 0.1) is 30.9 Å². The molecule has 11 heteroatoms. The van der Waals surface area contributed by atoms with Crippen molar-refractivity contribution in [1.29, 1.82) is 0 Å². The van der Waals surface area contributed by atoms with Crippen LogP contribution in [0.3, 0.4) is 0 Å². The first-order chi connectivity index (χ1) is 15.7. The Hall–Kier alpha value is -3.08. The molecule has 1 aromatic rings. The van der Waals surface area contributed by atoms with Gasteiger partial charge in [-0.3, -0.25) is 9.78 Å². The van der Waals surface area contributed by atoms with Crippen molar-refractivity contribution in [2.24, 2.45) is 16.5 Å². The second-order valence-electron chi connectivity index (χ2n) is 7.64. The van der Waals surface area contributed by atoms with Gasteiger partial charge in [-0.15, -0.1) is 0 Å². The molecule has 3 atom stereocenters. The Labute approximate surface area is 191 Å². The summed E-state index contributed by atoms with van der Waals surface area (Å²) in [6, 6.07) is 1.78. The van der Waals surface area contributed by atoms with E-state index in [0.717, 1.165) is 5.56 Å². The van der Waals surface area contributed by atoms with E-state index in [4.69, 9.17) is 20.9 Å². The summed E-state index contributed by atoms with van der Waals surface area (Å²) in [5, 5.41) is 2.27. The molecule has 1 aliphatic rings. The fourth-order valence-electron chi connectivity index (χ4n) is 3.54. The van der Waals surface area contributed by atoms with Crippen molar-refractivity contribution >= 4 is 17.8 Å². The lowest BCUT2D eigenvalue weighted by Gasteiger charge is -2.36. The number of carbonyl (C=O) groups is 2. The number of esters is 1. The Morgan fingerprint density at radius 1 is 1.30 bits per heavy atom. The molecule has 0 saturated carbocycles. The summed E-state index contributed by atoms with van der Waals surface area (Å²) in [6.07, 6.45) is 2.24. The Morgan fingerprint density at radius 3 is 2.61 bits per heavy atom. The van der Waals surface area contributed by atoms with E-state index in [-0.39, 0.29) is 30.7 Å². The van der Waals surface area contributed by atoms with Gasteiger partial charge in [-0.2, -0.15) is 8.78 Å². The zero-order chi connectivity index (χ0) is 24.4. The average Bonchev–Trinajstić information content (AvgIpc) is 2.79. The third kappa shape index (κ3) is 8.08. The molecule has 0 aliphatic heterocycles. The zero-order valence-electron chi connectivity index (χ0n) is 18.7. The minimum Gasteiger partial charge on any atom is -0.462 e. The number of nitrogens with one attached hydrogen (secondary N) is 1. The van der Waals surface area contributed by atoms with Gasteiger partial charge in [-0.1, -0.05) is 19.9 Å². The Bertz CT molecular complexity index is 842. The van der Waals surface area contributed by atoms with Crippen LogP contribution in [0.1, 0.15) is 38.7 Å². The van der Waals surface area contributed by atoms with Crippen LogP contribution in [0.15, 0.2) is 41.2 Å². The lowest BCUT2D eigenvalue weighted by atomic mass is 9.87. The van der Waals surface area contributed by atoms with Crippen LogP contribution in [-0.4, -0.2) is 60.1 Å². The molecule has 2 rings (SSSR count). The van der Waals surface area contributed by atoms with Crippen molar-refractivity contribution < 1.29 is 27.8 Å². The van der Waals surface area contributed by atoms with E-state index in [1.807, 2.05) is 19.9 Å². The van der Waals surface area contributed by atoms with Gasteiger partial charge in [0.1, 0.15) is 0 Å². The smallest absolute Gasteiger partial charge is 0.333 e. The van der Waals surface area contributed by atoms with Crippen LogP contribution >= 0.6 is 0 Å². The minimum absolute atomic E-state index is 0.0133. The number of nitrogens with zero attached hydrogens (tertiary/aromatic N) is 2. The molecule has 0 bridgehead atoms. The first-order valence-corrected chi connectivity index (χ1v) is 10.8. The fraction of sp³-hybridized carbons (Fsp3) is 0.545. The maximum absolute atomic E-state index is 12.9. The molecule has 0 saturated heterocycles. The summed E-state index contributed by atoms with van der Waals surface area (Å²) in [5.74, 6) is -2.36. The number of aliphatic imine (C=N–C) groups is 1. The number of aromatic nitrogens is 1. The minimum atomic E-state index is -3.22. The molecule has 0 unspecified atom stereocenters. The molecule has 0 spiro atoms. The van der Waals surface area contributed by atoms with Gasteiger partial charge >= 0.3 is 12.4 Å². The maximum atomic E-state index is 12.9. The first-order valence-electron chi connectivity index (χ1n) is 10.8. The molecule has 0 aromatic carbocycles. The van der Waals surface area contributed by atoms with Gasteiger partial charge in [0.25, 0.3) is 5.91 Å². The van der Waals surface area contributed by atoms with Gasteiger partial charge in [0, 0.05) is 30.8 Å². The number of amides is 1. The number of pyridine rings is 1. The van der Waals surface area contributed by atoms with Gasteiger partial charge < -0.3 is 26.3 Å². The lowest BCUT2D eigenvalue weighted by molar-refractivity contribution is -0.139. The summed E-state index contributed by atoms with van der Waals surface area (Å²) in [6.45, 7) is 3.95. The van der Waals surface area contributed by atoms with Crippen LogP contribution in [0, 0.1) is 0 Å². The molecular formula is C22H31F2N5O4. The van der Waals surface area contributed by atoms with Gasteiger partial charge in [0.15, 0.2) is 5.96 Å². The van der Waals surface area contributed by atoms with E-state index in [1.54, 1.807) is 18.5 Å². The molecule has 0 fully saturated rings. The van der Waals surface area contributed by atoms with Crippen LogP contribution in [0.5, 0.6) is 0 Å². The largest absolute Gasteiger partial charge is 0.462 e. The quantitative estimate of drug-likeness (QED) is 0.254. The molecule has 1 heterocycles. The number of halogens is 2. The number of carbonyl (C=O) groups excluding carboxylic acids is 2. The van der Waals surface area contributed by atoms with E-state index < -0.39 is 36.5 Å². The molecular weight excluding hydrogens is 436 g/mol. The third-order valence-corrected chi connectivity index (χ3v) is 5.25. The molecule has 0 radical (unpaired) electrons. The van der Waals surface area contributed by atoms with Crippen molar-refractivity contribution in [2.75, 3.05) is 6.61 Å². The van der Waals surface area contributed by atoms with Crippen molar-refractivity contribution in [1.82, 2.24) is 10.3 Å².